The lowest BCUT2D eigenvalue weighted by Crippen LogP contribution is -2.32. The van der Waals surface area contributed by atoms with Gasteiger partial charge in [-0.2, -0.15) is 4.98 Å². The van der Waals surface area contributed by atoms with E-state index < -0.39 is 5.69 Å². The van der Waals surface area contributed by atoms with E-state index in [1.807, 2.05) is 44.2 Å². The fourth-order valence-electron chi connectivity index (χ4n) is 3.68. The summed E-state index contributed by atoms with van der Waals surface area (Å²) in [4.78, 5) is 26.8. The number of nitrogens with zero attached hydrogens (tertiary/aromatic N) is 3. The van der Waals surface area contributed by atoms with E-state index in [1.54, 1.807) is 6.20 Å². The summed E-state index contributed by atoms with van der Waals surface area (Å²) in [5.41, 5.74) is 17.0. The molecule has 0 aliphatic carbocycles. The van der Waals surface area contributed by atoms with Gasteiger partial charge in [0.05, 0.1) is 5.39 Å². The smallest absolute Gasteiger partial charge is 0.384 e. The molecule has 176 valence electrons. The Morgan fingerprint density at radius 3 is 2.32 bits per heavy atom. The molecule has 0 radical (unpaired) electrons. The summed E-state index contributed by atoms with van der Waals surface area (Å²) in [6.45, 7) is 5.88. The lowest BCUT2D eigenvalue weighted by atomic mass is 9.99. The summed E-state index contributed by atoms with van der Waals surface area (Å²) in [6, 6.07) is 18.1. The van der Waals surface area contributed by atoms with Crippen molar-refractivity contribution in [3.63, 3.8) is 0 Å². The van der Waals surface area contributed by atoms with Gasteiger partial charge in [0.15, 0.2) is 5.65 Å². The van der Waals surface area contributed by atoms with Crippen LogP contribution in [0.1, 0.15) is 30.5 Å². The maximum atomic E-state index is 12.6. The molecule has 2 aromatic heterocycles. The minimum atomic E-state index is -0.500. The summed E-state index contributed by atoms with van der Waals surface area (Å²) in [7, 11) is 0. The normalized spacial score (nSPS) is 11.2. The first-order valence-electron chi connectivity index (χ1n) is 11.4. The van der Waals surface area contributed by atoms with E-state index >= 15 is 0 Å². The van der Waals surface area contributed by atoms with Gasteiger partial charge in [-0.05, 0) is 58.0 Å². The molecule has 2 heterocycles. The second kappa shape index (κ2) is 10.5. The number of pyridine rings is 1. The molecule has 0 unspecified atom stereocenters. The summed E-state index contributed by atoms with van der Waals surface area (Å²) in [5, 5.41) is 4.00. The highest BCUT2D eigenvalue weighted by molar-refractivity contribution is 5.86. The third-order valence-electron chi connectivity index (χ3n) is 5.42. The molecule has 0 amide bonds. The zero-order valence-electron chi connectivity index (χ0n) is 19.5. The minimum Gasteiger partial charge on any atom is -0.407 e. The Morgan fingerprint density at radius 2 is 1.68 bits per heavy atom. The van der Waals surface area contributed by atoms with Crippen LogP contribution in [0.15, 0.2) is 65.6 Å². The number of hydrogen-bond acceptors (Lipinski definition) is 7. The minimum absolute atomic E-state index is 0.270. The van der Waals surface area contributed by atoms with Crippen LogP contribution >= 0.6 is 0 Å². The first-order chi connectivity index (χ1) is 16.5. The van der Waals surface area contributed by atoms with Gasteiger partial charge in [-0.3, -0.25) is 0 Å². The fraction of sp³-hybridized carbons (Fsp3) is 0.269. The summed E-state index contributed by atoms with van der Waals surface area (Å²) in [5.74, 6) is 0.746. The Kier molecular flexibility index (Phi) is 7.20. The molecule has 5 N–H and O–H groups in total. The molecule has 0 fully saturated rings. The van der Waals surface area contributed by atoms with Gasteiger partial charge in [0.2, 0.25) is 0 Å². The Hall–Kier alpha value is -3.75. The van der Waals surface area contributed by atoms with Crippen LogP contribution in [-0.2, 0) is 19.6 Å². The van der Waals surface area contributed by atoms with Crippen LogP contribution in [-0.4, -0.2) is 21.3 Å². The highest BCUT2D eigenvalue weighted by Crippen LogP contribution is 2.24. The van der Waals surface area contributed by atoms with Crippen molar-refractivity contribution in [3.05, 3.63) is 88.0 Å². The Balaban J connectivity index is 1.55. The predicted molar refractivity (Wildman–Crippen MR) is 135 cm³/mol. The standard InChI is InChI=1S/C26H30N6O2/c1-17(2)16-34-32-25-23(4-3-9-29-25)24(31-26(32)33)30-15-18-5-7-21(8-6-18)22-11-19(13-27)10-20(12-22)14-28/h3-12,17H,13-16,27-28H2,1-2H3,(H,30,31,33). The van der Waals surface area contributed by atoms with Gasteiger partial charge in [0.1, 0.15) is 12.4 Å². The second-order valence-electron chi connectivity index (χ2n) is 8.60. The van der Waals surface area contributed by atoms with Gasteiger partial charge in [-0.25, -0.2) is 9.78 Å². The van der Waals surface area contributed by atoms with Crippen molar-refractivity contribution in [2.45, 2.75) is 33.5 Å². The van der Waals surface area contributed by atoms with Crippen LogP contribution in [0, 0.1) is 5.92 Å². The van der Waals surface area contributed by atoms with E-state index in [-0.39, 0.29) is 5.92 Å². The van der Waals surface area contributed by atoms with Gasteiger partial charge in [0.25, 0.3) is 0 Å². The van der Waals surface area contributed by atoms with Crippen molar-refractivity contribution in [2.24, 2.45) is 17.4 Å². The van der Waals surface area contributed by atoms with Gasteiger partial charge in [-0.1, -0.05) is 44.2 Å². The van der Waals surface area contributed by atoms with E-state index in [1.165, 1.54) is 4.73 Å². The van der Waals surface area contributed by atoms with Crippen LogP contribution in [0.5, 0.6) is 0 Å². The number of nitrogens with two attached hydrogens (primary N) is 2. The molecule has 8 heteroatoms. The Morgan fingerprint density at radius 1 is 0.971 bits per heavy atom. The number of rotatable bonds is 9. The first kappa shape index (κ1) is 23.4. The zero-order valence-corrected chi connectivity index (χ0v) is 19.5. The Labute approximate surface area is 198 Å². The molecule has 34 heavy (non-hydrogen) atoms. The number of fused-ring (bicyclic) bond motifs is 1. The molecular weight excluding hydrogens is 428 g/mol. The van der Waals surface area contributed by atoms with Crippen LogP contribution in [0.3, 0.4) is 0 Å². The molecule has 0 saturated heterocycles. The summed E-state index contributed by atoms with van der Waals surface area (Å²) in [6.07, 6.45) is 1.63. The number of anilines is 1. The quantitative estimate of drug-likeness (QED) is 0.352. The SMILES string of the molecule is CC(C)COn1c(=O)nc(NCc2ccc(-c3cc(CN)cc(CN)c3)cc2)c2cccnc21. The van der Waals surface area contributed by atoms with Crippen molar-refractivity contribution in [1.82, 2.24) is 14.7 Å². The highest BCUT2D eigenvalue weighted by atomic mass is 16.7. The molecule has 2 aromatic carbocycles. The maximum Gasteiger partial charge on any atom is 0.384 e. The van der Waals surface area contributed by atoms with Crippen LogP contribution in [0.2, 0.25) is 0 Å². The summed E-state index contributed by atoms with van der Waals surface area (Å²) >= 11 is 0. The third kappa shape index (κ3) is 5.24. The number of nitrogens with one attached hydrogen (secondary N) is 1. The lowest BCUT2D eigenvalue weighted by molar-refractivity contribution is 0.0869. The maximum absolute atomic E-state index is 12.6. The van der Waals surface area contributed by atoms with Crippen molar-refractivity contribution >= 4 is 16.9 Å². The molecule has 0 bridgehead atoms. The van der Waals surface area contributed by atoms with Crippen molar-refractivity contribution in [1.29, 1.82) is 0 Å². The first-order valence-corrected chi connectivity index (χ1v) is 11.4. The van der Waals surface area contributed by atoms with Crippen LogP contribution in [0.25, 0.3) is 22.2 Å². The van der Waals surface area contributed by atoms with E-state index in [4.69, 9.17) is 16.3 Å². The molecule has 0 aliphatic heterocycles. The second-order valence-corrected chi connectivity index (χ2v) is 8.60. The largest absolute Gasteiger partial charge is 0.407 e. The van der Waals surface area contributed by atoms with Crippen molar-refractivity contribution in [3.8, 4) is 11.1 Å². The average molecular weight is 459 g/mol. The van der Waals surface area contributed by atoms with E-state index in [9.17, 15) is 4.79 Å². The summed E-state index contributed by atoms with van der Waals surface area (Å²) < 4.78 is 1.17. The molecule has 4 rings (SSSR count). The molecular formula is C26H30N6O2. The van der Waals surface area contributed by atoms with Crippen LogP contribution < -0.4 is 27.3 Å². The molecule has 0 aliphatic rings. The molecule has 0 spiro atoms. The van der Waals surface area contributed by atoms with Gasteiger partial charge in [0, 0.05) is 25.8 Å². The van der Waals surface area contributed by atoms with Crippen LogP contribution in [0.4, 0.5) is 5.82 Å². The zero-order chi connectivity index (χ0) is 24.1. The fourth-order valence-corrected chi connectivity index (χ4v) is 3.68. The van der Waals surface area contributed by atoms with Gasteiger partial charge < -0.3 is 21.6 Å². The predicted octanol–water partition coefficient (Wildman–Crippen LogP) is 3.07. The number of hydrogen-bond donors (Lipinski definition) is 3. The van der Waals surface area contributed by atoms with Crippen molar-refractivity contribution < 1.29 is 4.84 Å². The molecule has 8 nitrogen and oxygen atoms in total. The van der Waals surface area contributed by atoms with Crippen molar-refractivity contribution in [2.75, 3.05) is 11.9 Å². The topological polar surface area (TPSA) is 121 Å². The number of aromatic nitrogens is 3. The molecule has 4 aromatic rings. The van der Waals surface area contributed by atoms with Gasteiger partial charge in [-0.15, -0.1) is 4.73 Å². The highest BCUT2D eigenvalue weighted by Gasteiger charge is 2.13. The van der Waals surface area contributed by atoms with E-state index in [2.05, 4.69) is 39.6 Å². The Bertz CT molecular complexity index is 1310. The van der Waals surface area contributed by atoms with E-state index in [0.717, 1.165) is 33.2 Å². The molecule has 0 atom stereocenters. The van der Waals surface area contributed by atoms with E-state index in [0.29, 0.717) is 37.7 Å². The number of benzene rings is 2. The monoisotopic (exact) mass is 458 g/mol. The molecule has 0 saturated carbocycles. The third-order valence-corrected chi connectivity index (χ3v) is 5.42. The van der Waals surface area contributed by atoms with Gasteiger partial charge >= 0.3 is 5.69 Å². The lowest BCUT2D eigenvalue weighted by Gasteiger charge is -2.14. The average Bonchev–Trinajstić information content (AvgIpc) is 2.86.